The number of aliphatic hydroxyl groups excluding tert-OH is 2. The zero-order valence-electron chi connectivity index (χ0n) is 11.4. The summed E-state index contributed by atoms with van der Waals surface area (Å²) in [5.74, 6) is 4.19. The fourth-order valence-corrected chi connectivity index (χ4v) is 1.82. The third-order valence-corrected chi connectivity index (χ3v) is 2.66. The lowest BCUT2D eigenvalue weighted by atomic mass is 10.1. The summed E-state index contributed by atoms with van der Waals surface area (Å²) in [6.07, 6.45) is 0.755. The normalized spacial score (nSPS) is 9.80. The van der Waals surface area contributed by atoms with Crippen molar-refractivity contribution in [1.82, 2.24) is 4.90 Å². The van der Waals surface area contributed by atoms with Crippen molar-refractivity contribution in [2.75, 3.05) is 26.3 Å². The van der Waals surface area contributed by atoms with Gasteiger partial charge in [-0.15, -0.1) is 0 Å². The van der Waals surface area contributed by atoms with Crippen LogP contribution in [-0.4, -0.2) is 47.3 Å². The molecular weight excluding hydrogens is 261 g/mol. The van der Waals surface area contributed by atoms with Crippen LogP contribution in [0.3, 0.4) is 0 Å². The predicted octanol–water partition coefficient (Wildman–Crippen LogP) is 1.01. The Morgan fingerprint density at radius 2 is 2.10 bits per heavy atom. The van der Waals surface area contributed by atoms with Crippen molar-refractivity contribution in [2.24, 2.45) is 0 Å². The number of hydrogen-bond donors (Lipinski definition) is 2. The van der Waals surface area contributed by atoms with Gasteiger partial charge in [-0.1, -0.05) is 18.8 Å². The summed E-state index contributed by atoms with van der Waals surface area (Å²) in [6.45, 7) is 2.15. The average Bonchev–Trinajstić information content (AvgIpc) is 2.44. The minimum absolute atomic E-state index is 0.134. The number of nitrogens with zero attached hydrogens (tertiary/aromatic N) is 1. The molecule has 5 heteroatoms. The Morgan fingerprint density at radius 3 is 2.70 bits per heavy atom. The van der Waals surface area contributed by atoms with Crippen LogP contribution >= 0.6 is 0 Å². The summed E-state index contributed by atoms with van der Waals surface area (Å²) < 4.78 is 13.2. The first kappa shape index (κ1) is 16.2. The Labute approximate surface area is 117 Å². The quantitative estimate of drug-likeness (QED) is 0.791. The van der Waals surface area contributed by atoms with E-state index in [4.69, 9.17) is 10.2 Å². The van der Waals surface area contributed by atoms with Crippen LogP contribution in [0.1, 0.15) is 29.3 Å². The van der Waals surface area contributed by atoms with Gasteiger partial charge < -0.3 is 15.1 Å². The Bertz CT molecular complexity index is 514. The molecule has 0 heterocycles. The van der Waals surface area contributed by atoms with Crippen LogP contribution in [0, 0.1) is 17.7 Å². The smallest absolute Gasteiger partial charge is 0.255 e. The maximum absolute atomic E-state index is 13.2. The van der Waals surface area contributed by atoms with Gasteiger partial charge in [-0.05, 0) is 24.6 Å². The lowest BCUT2D eigenvalue weighted by Gasteiger charge is -2.21. The second kappa shape index (κ2) is 8.31. The predicted molar refractivity (Wildman–Crippen MR) is 73.6 cm³/mol. The van der Waals surface area contributed by atoms with Crippen LogP contribution < -0.4 is 0 Å². The Balaban J connectivity index is 3.12. The molecule has 0 spiro atoms. The molecule has 0 saturated carbocycles. The van der Waals surface area contributed by atoms with Crippen molar-refractivity contribution in [3.63, 3.8) is 0 Å². The molecule has 1 aromatic carbocycles. The summed E-state index contributed by atoms with van der Waals surface area (Å²) in [7, 11) is 0. The van der Waals surface area contributed by atoms with E-state index in [-0.39, 0.29) is 36.8 Å². The van der Waals surface area contributed by atoms with Crippen molar-refractivity contribution in [2.45, 2.75) is 13.3 Å². The van der Waals surface area contributed by atoms with Gasteiger partial charge in [0, 0.05) is 18.7 Å². The monoisotopic (exact) mass is 279 g/mol. The van der Waals surface area contributed by atoms with Crippen LogP contribution in [0.15, 0.2) is 18.2 Å². The van der Waals surface area contributed by atoms with Gasteiger partial charge in [0.25, 0.3) is 5.91 Å². The van der Waals surface area contributed by atoms with E-state index in [1.54, 1.807) is 0 Å². The van der Waals surface area contributed by atoms with Gasteiger partial charge >= 0.3 is 0 Å². The largest absolute Gasteiger partial charge is 0.395 e. The highest BCUT2D eigenvalue weighted by molar-refractivity contribution is 5.96. The van der Waals surface area contributed by atoms with Crippen LogP contribution in [0.25, 0.3) is 0 Å². The Hall–Kier alpha value is -1.90. The zero-order valence-corrected chi connectivity index (χ0v) is 11.4. The molecule has 0 radical (unpaired) electrons. The highest BCUT2D eigenvalue weighted by Crippen LogP contribution is 2.13. The minimum Gasteiger partial charge on any atom is -0.395 e. The molecular formula is C15H18FNO3. The second-order valence-electron chi connectivity index (χ2n) is 4.17. The summed E-state index contributed by atoms with van der Waals surface area (Å²) in [5, 5.41) is 17.7. The molecule has 1 rings (SSSR count). The molecule has 0 fully saturated rings. The Morgan fingerprint density at radius 1 is 1.35 bits per heavy atom. The maximum atomic E-state index is 13.2. The molecule has 0 atom stereocenters. The summed E-state index contributed by atoms with van der Waals surface area (Å²) >= 11 is 0. The molecule has 0 aliphatic heterocycles. The number of amides is 1. The van der Waals surface area contributed by atoms with Gasteiger partial charge in [-0.3, -0.25) is 4.79 Å². The molecule has 2 N–H and O–H groups in total. The molecule has 108 valence electrons. The molecule has 0 aromatic heterocycles. The third kappa shape index (κ3) is 4.34. The standard InChI is InChI=1S/C15H18FNO3/c1-2-7-17(8-10-19)15(20)14-6-5-13(16)11-12(14)4-3-9-18/h5-6,11,18-19H,2,7-10H2,1H3. The van der Waals surface area contributed by atoms with Crippen LogP contribution in [0.5, 0.6) is 0 Å². The van der Waals surface area contributed by atoms with E-state index in [0.29, 0.717) is 6.54 Å². The molecule has 0 aliphatic carbocycles. The van der Waals surface area contributed by atoms with Crippen molar-refractivity contribution < 1.29 is 19.4 Å². The maximum Gasteiger partial charge on any atom is 0.255 e. The zero-order chi connectivity index (χ0) is 15.0. The van der Waals surface area contributed by atoms with E-state index in [1.165, 1.54) is 23.1 Å². The molecule has 4 nitrogen and oxygen atoms in total. The van der Waals surface area contributed by atoms with E-state index in [2.05, 4.69) is 11.8 Å². The molecule has 0 unspecified atom stereocenters. The van der Waals surface area contributed by atoms with Crippen molar-refractivity contribution in [3.8, 4) is 11.8 Å². The van der Waals surface area contributed by atoms with Gasteiger partial charge in [0.05, 0.1) is 12.2 Å². The lowest BCUT2D eigenvalue weighted by molar-refractivity contribution is 0.0721. The van der Waals surface area contributed by atoms with Crippen LogP contribution in [0.4, 0.5) is 4.39 Å². The summed E-state index contributed by atoms with van der Waals surface area (Å²) in [6, 6.07) is 3.73. The molecule has 0 saturated heterocycles. The lowest BCUT2D eigenvalue weighted by Crippen LogP contribution is -2.34. The number of hydrogen-bond acceptors (Lipinski definition) is 3. The first-order valence-electron chi connectivity index (χ1n) is 6.43. The third-order valence-electron chi connectivity index (χ3n) is 2.66. The van der Waals surface area contributed by atoms with E-state index < -0.39 is 5.82 Å². The summed E-state index contributed by atoms with van der Waals surface area (Å²) in [4.78, 5) is 13.9. The molecule has 1 amide bonds. The molecule has 1 aromatic rings. The van der Waals surface area contributed by atoms with Gasteiger partial charge in [0.15, 0.2) is 0 Å². The van der Waals surface area contributed by atoms with Crippen molar-refractivity contribution in [3.05, 3.63) is 35.1 Å². The highest BCUT2D eigenvalue weighted by Gasteiger charge is 2.17. The second-order valence-corrected chi connectivity index (χ2v) is 4.17. The highest BCUT2D eigenvalue weighted by atomic mass is 19.1. The first-order chi connectivity index (χ1) is 9.63. The first-order valence-corrected chi connectivity index (χ1v) is 6.43. The number of benzene rings is 1. The van der Waals surface area contributed by atoms with E-state index in [0.717, 1.165) is 6.42 Å². The van der Waals surface area contributed by atoms with Gasteiger partial charge in [0.1, 0.15) is 12.4 Å². The number of rotatable bonds is 5. The molecule has 0 aliphatic rings. The molecule has 20 heavy (non-hydrogen) atoms. The van der Waals surface area contributed by atoms with E-state index in [9.17, 15) is 9.18 Å². The van der Waals surface area contributed by atoms with Gasteiger partial charge in [-0.25, -0.2) is 4.39 Å². The van der Waals surface area contributed by atoms with E-state index in [1.807, 2.05) is 6.92 Å². The van der Waals surface area contributed by atoms with Gasteiger partial charge in [-0.2, -0.15) is 0 Å². The van der Waals surface area contributed by atoms with Crippen molar-refractivity contribution >= 4 is 5.91 Å². The van der Waals surface area contributed by atoms with Crippen molar-refractivity contribution in [1.29, 1.82) is 0 Å². The number of halogens is 1. The SMILES string of the molecule is CCCN(CCO)C(=O)c1ccc(F)cc1C#CCO. The summed E-state index contributed by atoms with van der Waals surface area (Å²) in [5.41, 5.74) is 0.511. The van der Waals surface area contributed by atoms with E-state index >= 15 is 0 Å². The topological polar surface area (TPSA) is 60.8 Å². The Kier molecular flexibility index (Phi) is 6.71. The van der Waals surface area contributed by atoms with Gasteiger partial charge in [0.2, 0.25) is 0 Å². The minimum atomic E-state index is -0.493. The van der Waals surface area contributed by atoms with Crippen LogP contribution in [0.2, 0.25) is 0 Å². The van der Waals surface area contributed by atoms with Crippen LogP contribution in [-0.2, 0) is 0 Å². The number of aliphatic hydroxyl groups is 2. The fraction of sp³-hybridized carbons (Fsp3) is 0.400. The molecule has 0 bridgehead atoms. The number of carbonyl (C=O) groups is 1. The fourth-order valence-electron chi connectivity index (χ4n) is 1.82. The number of carbonyl (C=O) groups excluding carboxylic acids is 1. The average molecular weight is 279 g/mol.